The molecule has 0 atom stereocenters. The maximum absolute atomic E-state index is 13.1. The van der Waals surface area contributed by atoms with E-state index in [1.165, 1.54) is 0 Å². The van der Waals surface area contributed by atoms with Crippen molar-refractivity contribution in [3.05, 3.63) is 29.1 Å². The molecule has 0 aromatic heterocycles. The molecule has 0 saturated carbocycles. The van der Waals surface area contributed by atoms with Crippen molar-refractivity contribution in [1.82, 2.24) is 0 Å². The van der Waals surface area contributed by atoms with Crippen molar-refractivity contribution in [2.45, 2.75) is 20.0 Å². The van der Waals surface area contributed by atoms with Gasteiger partial charge in [0.1, 0.15) is 0 Å². The Morgan fingerprint density at radius 2 is 1.11 bits per heavy atom. The van der Waals surface area contributed by atoms with Gasteiger partial charge in [-0.2, -0.15) is 17.6 Å². The molecule has 18 heavy (non-hydrogen) atoms. The monoisotopic (exact) mass is 276 g/mol. The Balaban J connectivity index is 3.35. The van der Waals surface area contributed by atoms with Gasteiger partial charge in [0.2, 0.25) is 34.8 Å². The molecule has 0 radical (unpaired) electrons. The van der Waals surface area contributed by atoms with Crippen LogP contribution in [-0.2, 0) is 0 Å². The number of hydrogen-bond acceptors (Lipinski definition) is 1. The quantitative estimate of drug-likeness (QED) is 0.460. The Bertz CT molecular complexity index is 441. The summed E-state index contributed by atoms with van der Waals surface area (Å²) in [6, 6.07) is 0. The molecule has 1 rings (SSSR count). The molecular formula is C10H7F7O. The molecule has 1 aromatic rings. The highest BCUT2D eigenvalue weighted by molar-refractivity contribution is 5.30. The number of hydrogen-bond donors (Lipinski definition) is 0. The molecule has 0 aliphatic rings. The number of ether oxygens (including phenoxy) is 1. The van der Waals surface area contributed by atoms with Crippen molar-refractivity contribution in [1.29, 1.82) is 0 Å². The molecule has 0 saturated heterocycles. The van der Waals surface area contributed by atoms with Gasteiger partial charge in [-0.05, 0) is 0 Å². The zero-order valence-electron chi connectivity index (χ0n) is 9.13. The molecular weight excluding hydrogens is 269 g/mol. The first-order valence-electron chi connectivity index (χ1n) is 4.67. The van der Waals surface area contributed by atoms with E-state index in [2.05, 4.69) is 4.74 Å². The summed E-state index contributed by atoms with van der Waals surface area (Å²) >= 11 is 0. The summed E-state index contributed by atoms with van der Waals surface area (Å²) in [5.41, 5.74) is 0. The molecule has 102 valence electrons. The Hall–Kier alpha value is -1.47. The predicted octanol–water partition coefficient (Wildman–Crippen LogP) is 4.01. The lowest BCUT2D eigenvalue weighted by molar-refractivity contribution is -0.210. The molecule has 0 unspecified atom stereocenters. The lowest BCUT2D eigenvalue weighted by Gasteiger charge is -2.22. The van der Waals surface area contributed by atoms with Gasteiger partial charge in [-0.15, -0.1) is 0 Å². The molecule has 0 fully saturated rings. The van der Waals surface area contributed by atoms with Gasteiger partial charge >= 0.3 is 6.11 Å². The van der Waals surface area contributed by atoms with E-state index >= 15 is 0 Å². The Kier molecular flexibility index (Phi) is 3.78. The van der Waals surface area contributed by atoms with Gasteiger partial charge in [-0.3, -0.25) is 0 Å². The zero-order valence-corrected chi connectivity index (χ0v) is 9.13. The van der Waals surface area contributed by atoms with Crippen molar-refractivity contribution < 1.29 is 35.5 Å². The van der Waals surface area contributed by atoms with Crippen LogP contribution in [0, 0.1) is 35.0 Å². The average Bonchev–Trinajstić information content (AvgIpc) is 2.29. The molecule has 0 N–H and O–H groups in total. The molecule has 0 amide bonds. The van der Waals surface area contributed by atoms with Crippen molar-refractivity contribution in [2.24, 2.45) is 5.92 Å². The largest absolute Gasteiger partial charge is 0.426 e. The lowest BCUT2D eigenvalue weighted by atomic mass is 10.2. The van der Waals surface area contributed by atoms with Crippen LogP contribution in [-0.4, -0.2) is 6.11 Å². The average molecular weight is 276 g/mol. The van der Waals surface area contributed by atoms with Crippen LogP contribution >= 0.6 is 0 Å². The van der Waals surface area contributed by atoms with Gasteiger partial charge in [0.05, 0.1) is 5.92 Å². The van der Waals surface area contributed by atoms with Crippen LogP contribution in [0.3, 0.4) is 0 Å². The zero-order chi connectivity index (χ0) is 14.2. The highest BCUT2D eigenvalue weighted by Gasteiger charge is 2.40. The van der Waals surface area contributed by atoms with E-state index in [0.29, 0.717) is 0 Å². The van der Waals surface area contributed by atoms with E-state index in [1.54, 1.807) is 0 Å². The summed E-state index contributed by atoms with van der Waals surface area (Å²) in [5, 5.41) is 0. The van der Waals surface area contributed by atoms with Crippen molar-refractivity contribution in [3.8, 4) is 5.75 Å². The lowest BCUT2D eigenvalue weighted by Crippen LogP contribution is -2.32. The Morgan fingerprint density at radius 3 is 1.44 bits per heavy atom. The summed E-state index contributed by atoms with van der Waals surface area (Å²) in [5.74, 6) is -15.5. The van der Waals surface area contributed by atoms with Crippen LogP contribution in [0.4, 0.5) is 30.7 Å². The first-order valence-corrected chi connectivity index (χ1v) is 4.67. The molecule has 8 heteroatoms. The van der Waals surface area contributed by atoms with E-state index in [0.717, 1.165) is 13.8 Å². The third-order valence-electron chi connectivity index (χ3n) is 2.08. The molecule has 0 bridgehead atoms. The van der Waals surface area contributed by atoms with E-state index in [4.69, 9.17) is 0 Å². The van der Waals surface area contributed by atoms with E-state index in [9.17, 15) is 30.7 Å². The normalized spacial score (nSPS) is 12.1. The van der Waals surface area contributed by atoms with Gasteiger partial charge < -0.3 is 4.74 Å². The number of alkyl halides is 2. The number of halogens is 7. The van der Waals surface area contributed by atoms with Crippen molar-refractivity contribution >= 4 is 0 Å². The Morgan fingerprint density at radius 1 is 0.778 bits per heavy atom. The van der Waals surface area contributed by atoms with Gasteiger partial charge in [0.25, 0.3) is 0 Å². The highest BCUT2D eigenvalue weighted by atomic mass is 19.3. The third kappa shape index (κ3) is 2.37. The minimum absolute atomic E-state index is 0.950. The van der Waals surface area contributed by atoms with Gasteiger partial charge in [0.15, 0.2) is 0 Å². The second-order valence-corrected chi connectivity index (χ2v) is 3.72. The predicted molar refractivity (Wildman–Crippen MR) is 46.6 cm³/mol. The van der Waals surface area contributed by atoms with Crippen LogP contribution in [0.2, 0.25) is 0 Å². The van der Waals surface area contributed by atoms with Crippen molar-refractivity contribution in [3.63, 3.8) is 0 Å². The molecule has 0 spiro atoms. The summed E-state index contributed by atoms with van der Waals surface area (Å²) < 4.78 is 93.8. The fourth-order valence-electron chi connectivity index (χ4n) is 0.928. The summed E-state index contributed by atoms with van der Waals surface area (Å²) in [7, 11) is 0. The highest BCUT2D eigenvalue weighted by Crippen LogP contribution is 2.35. The maximum atomic E-state index is 13.1. The van der Waals surface area contributed by atoms with Crippen LogP contribution in [0.15, 0.2) is 0 Å². The summed E-state index contributed by atoms with van der Waals surface area (Å²) in [4.78, 5) is 0. The molecule has 1 nitrogen and oxygen atoms in total. The van der Waals surface area contributed by atoms with Gasteiger partial charge in [-0.1, -0.05) is 13.8 Å². The molecule has 1 aromatic carbocycles. The minimum atomic E-state index is -4.07. The van der Waals surface area contributed by atoms with Gasteiger partial charge in [0, 0.05) is 0 Å². The molecule has 0 aliphatic heterocycles. The number of benzene rings is 1. The number of rotatable bonds is 3. The van der Waals surface area contributed by atoms with Crippen LogP contribution in [0.25, 0.3) is 0 Å². The topological polar surface area (TPSA) is 9.23 Å². The smallest absolute Gasteiger partial charge is 0.400 e. The second kappa shape index (κ2) is 4.66. The second-order valence-electron chi connectivity index (χ2n) is 3.72. The van der Waals surface area contributed by atoms with Gasteiger partial charge in [-0.25, -0.2) is 13.2 Å². The van der Waals surface area contributed by atoms with Crippen LogP contribution < -0.4 is 4.74 Å². The fraction of sp³-hybridized carbons (Fsp3) is 0.400. The first-order chi connectivity index (χ1) is 8.09. The molecule has 0 heterocycles. The summed E-state index contributed by atoms with van der Waals surface area (Å²) in [6.45, 7) is 1.90. The maximum Gasteiger partial charge on any atom is 0.400 e. The standard InChI is InChI=1S/C10H7F7O/c1-3(2)10(16,17)18-9-7(14)5(12)4(11)6(13)8(9)15/h3H,1-2H3. The SMILES string of the molecule is CC(C)C(F)(F)Oc1c(F)c(F)c(F)c(F)c1F. The fourth-order valence-corrected chi connectivity index (χ4v) is 0.928. The van der Waals surface area contributed by atoms with E-state index in [1.807, 2.05) is 0 Å². The first kappa shape index (κ1) is 14.6. The van der Waals surface area contributed by atoms with E-state index in [-0.39, 0.29) is 0 Å². The summed E-state index contributed by atoms with van der Waals surface area (Å²) in [6.07, 6.45) is -4.07. The van der Waals surface area contributed by atoms with Crippen LogP contribution in [0.1, 0.15) is 13.8 Å². The van der Waals surface area contributed by atoms with Crippen molar-refractivity contribution in [2.75, 3.05) is 0 Å². The minimum Gasteiger partial charge on any atom is -0.426 e. The van der Waals surface area contributed by atoms with E-state index < -0.39 is 46.9 Å². The third-order valence-corrected chi connectivity index (χ3v) is 2.08. The molecule has 0 aliphatic carbocycles. The Labute approximate surface area is 97.2 Å². The van der Waals surface area contributed by atoms with Crippen LogP contribution in [0.5, 0.6) is 5.75 Å².